The number of nitrogens with one attached hydrogen (secondary N) is 2. The molecule has 0 fully saturated rings. The Labute approximate surface area is 150 Å². The van der Waals surface area contributed by atoms with E-state index in [0.29, 0.717) is 18.8 Å². The van der Waals surface area contributed by atoms with Crippen LogP contribution >= 0.6 is 0 Å². The molecule has 0 aliphatic carbocycles. The third-order valence-corrected chi connectivity index (χ3v) is 3.90. The largest absolute Gasteiger partial charge is 0.444 e. The van der Waals surface area contributed by atoms with Crippen LogP contribution in [-0.4, -0.2) is 39.2 Å². The molecule has 7 nitrogen and oxygen atoms in total. The molecule has 0 spiro atoms. The van der Waals surface area contributed by atoms with E-state index in [2.05, 4.69) is 15.5 Å². The molecule has 1 aliphatic heterocycles. The summed E-state index contributed by atoms with van der Waals surface area (Å²) in [5, 5.41) is 9.68. The number of fused-ring (bicyclic) bond motifs is 1. The third-order valence-electron chi connectivity index (χ3n) is 3.90. The van der Waals surface area contributed by atoms with Gasteiger partial charge in [-0.05, 0) is 39.0 Å². The maximum absolute atomic E-state index is 13.3. The lowest BCUT2D eigenvalue weighted by Crippen LogP contribution is -2.40. The normalized spacial score (nSPS) is 13.9. The van der Waals surface area contributed by atoms with Crippen molar-refractivity contribution in [3.05, 3.63) is 46.9 Å². The quantitative estimate of drug-likeness (QED) is 0.861. The van der Waals surface area contributed by atoms with Crippen LogP contribution < -0.4 is 5.32 Å². The molecule has 8 heteroatoms. The van der Waals surface area contributed by atoms with Crippen molar-refractivity contribution in [3.8, 4) is 0 Å². The first-order chi connectivity index (χ1) is 12.2. The van der Waals surface area contributed by atoms with Crippen molar-refractivity contribution in [2.45, 2.75) is 39.3 Å². The second-order valence-corrected chi connectivity index (χ2v) is 7.15. The zero-order valence-electron chi connectivity index (χ0n) is 14.9. The number of hydrogen-bond acceptors (Lipinski definition) is 4. The summed E-state index contributed by atoms with van der Waals surface area (Å²) in [6.45, 7) is 6.20. The van der Waals surface area contributed by atoms with Crippen LogP contribution in [0.4, 0.5) is 15.0 Å². The summed E-state index contributed by atoms with van der Waals surface area (Å²) in [4.78, 5) is 26.2. The van der Waals surface area contributed by atoms with E-state index in [-0.39, 0.29) is 12.1 Å². The van der Waals surface area contributed by atoms with E-state index in [1.165, 1.54) is 18.2 Å². The summed E-state index contributed by atoms with van der Waals surface area (Å²) in [7, 11) is 0. The molecule has 1 aromatic heterocycles. The van der Waals surface area contributed by atoms with Crippen molar-refractivity contribution in [3.63, 3.8) is 0 Å². The first-order valence-electron chi connectivity index (χ1n) is 8.34. The second kappa shape index (κ2) is 6.78. The molecule has 2 N–H and O–H groups in total. The Morgan fingerprint density at radius 1 is 1.35 bits per heavy atom. The second-order valence-electron chi connectivity index (χ2n) is 7.15. The van der Waals surface area contributed by atoms with Crippen molar-refractivity contribution in [2.75, 3.05) is 11.9 Å². The molecule has 2 heterocycles. The number of benzene rings is 1. The number of H-pyrrole nitrogens is 1. The summed E-state index contributed by atoms with van der Waals surface area (Å²) in [5.74, 6) is -0.617. The third kappa shape index (κ3) is 4.01. The zero-order valence-corrected chi connectivity index (χ0v) is 14.9. The van der Waals surface area contributed by atoms with Crippen LogP contribution in [0.5, 0.6) is 0 Å². The van der Waals surface area contributed by atoms with Crippen molar-refractivity contribution < 1.29 is 18.7 Å². The zero-order chi connectivity index (χ0) is 18.9. The van der Waals surface area contributed by atoms with Gasteiger partial charge in [-0.15, -0.1) is 0 Å². The van der Waals surface area contributed by atoms with Crippen molar-refractivity contribution in [2.24, 2.45) is 0 Å². The Bertz CT molecular complexity index is 841. The molecule has 26 heavy (non-hydrogen) atoms. The summed E-state index contributed by atoms with van der Waals surface area (Å²) in [5.41, 5.74) is 1.20. The highest BCUT2D eigenvalue weighted by Gasteiger charge is 2.29. The highest BCUT2D eigenvalue weighted by atomic mass is 19.1. The van der Waals surface area contributed by atoms with Gasteiger partial charge in [0.15, 0.2) is 5.82 Å². The Kier molecular flexibility index (Phi) is 4.67. The van der Waals surface area contributed by atoms with Gasteiger partial charge in [0.1, 0.15) is 11.4 Å². The Morgan fingerprint density at radius 2 is 2.12 bits per heavy atom. The summed E-state index contributed by atoms with van der Waals surface area (Å²) in [6.07, 6.45) is 0.170. The smallest absolute Gasteiger partial charge is 0.410 e. The topological polar surface area (TPSA) is 87.3 Å². The molecule has 2 amide bonds. The number of aromatic amines is 1. The van der Waals surface area contributed by atoms with E-state index < -0.39 is 23.4 Å². The highest BCUT2D eigenvalue weighted by molar-refractivity contribution is 6.04. The number of amides is 2. The first-order valence-corrected chi connectivity index (χ1v) is 8.34. The fourth-order valence-corrected chi connectivity index (χ4v) is 2.69. The van der Waals surface area contributed by atoms with Crippen LogP contribution in [0, 0.1) is 5.82 Å². The van der Waals surface area contributed by atoms with Gasteiger partial charge in [-0.2, -0.15) is 5.10 Å². The van der Waals surface area contributed by atoms with E-state index in [4.69, 9.17) is 4.74 Å². The van der Waals surface area contributed by atoms with Crippen LogP contribution in [0.15, 0.2) is 24.3 Å². The SMILES string of the molecule is CC(C)(C)OC(=O)N1CCc2[nH]nc(NC(=O)c3cccc(F)c3)c2C1. The molecular formula is C18H21FN4O3. The van der Waals surface area contributed by atoms with E-state index in [9.17, 15) is 14.0 Å². The van der Waals surface area contributed by atoms with Crippen LogP contribution in [0.3, 0.4) is 0 Å². The predicted molar refractivity (Wildman–Crippen MR) is 93.3 cm³/mol. The maximum Gasteiger partial charge on any atom is 0.410 e. The molecule has 1 aliphatic rings. The molecule has 0 saturated carbocycles. The van der Waals surface area contributed by atoms with Crippen LogP contribution in [0.1, 0.15) is 42.4 Å². The van der Waals surface area contributed by atoms with Crippen molar-refractivity contribution in [1.29, 1.82) is 0 Å². The average molecular weight is 360 g/mol. The van der Waals surface area contributed by atoms with E-state index >= 15 is 0 Å². The van der Waals surface area contributed by atoms with Crippen LogP contribution in [0.25, 0.3) is 0 Å². The molecule has 0 saturated heterocycles. The molecule has 3 rings (SSSR count). The van der Waals surface area contributed by atoms with Gasteiger partial charge in [0.05, 0.1) is 6.54 Å². The minimum Gasteiger partial charge on any atom is -0.444 e. The molecule has 1 aromatic carbocycles. The van der Waals surface area contributed by atoms with E-state index in [0.717, 1.165) is 17.3 Å². The number of hydrogen-bond donors (Lipinski definition) is 2. The van der Waals surface area contributed by atoms with Gasteiger partial charge in [-0.25, -0.2) is 9.18 Å². The number of nitrogens with zero attached hydrogens (tertiary/aromatic N) is 2. The number of carbonyl (C=O) groups excluding carboxylic acids is 2. The lowest BCUT2D eigenvalue weighted by molar-refractivity contribution is 0.0224. The summed E-state index contributed by atoms with van der Waals surface area (Å²) < 4.78 is 18.7. The maximum atomic E-state index is 13.3. The first kappa shape index (κ1) is 17.9. The number of carbonyl (C=O) groups is 2. The number of anilines is 1. The predicted octanol–water partition coefficient (Wildman–Crippen LogP) is 3.09. The fourth-order valence-electron chi connectivity index (χ4n) is 2.69. The Hall–Kier alpha value is -2.90. The van der Waals surface area contributed by atoms with Crippen molar-refractivity contribution >= 4 is 17.8 Å². The van der Waals surface area contributed by atoms with Gasteiger partial charge in [0, 0.05) is 29.8 Å². The standard InChI is InChI=1S/C18H21FN4O3/c1-18(2,3)26-17(25)23-8-7-14-13(10-23)15(22-21-14)20-16(24)11-5-4-6-12(19)9-11/h4-6,9H,7-8,10H2,1-3H3,(H2,20,21,22,24). The fraction of sp³-hybridized carbons (Fsp3) is 0.389. The van der Waals surface area contributed by atoms with Crippen LogP contribution in [-0.2, 0) is 17.7 Å². The summed E-state index contributed by atoms with van der Waals surface area (Å²) in [6, 6.07) is 5.41. The van der Waals surface area contributed by atoms with Gasteiger partial charge in [-0.1, -0.05) is 6.07 Å². The molecule has 2 aromatic rings. The summed E-state index contributed by atoms with van der Waals surface area (Å²) >= 11 is 0. The number of halogens is 1. The molecular weight excluding hydrogens is 339 g/mol. The number of rotatable bonds is 2. The lowest BCUT2D eigenvalue weighted by atomic mass is 10.1. The lowest BCUT2D eigenvalue weighted by Gasteiger charge is -2.30. The highest BCUT2D eigenvalue weighted by Crippen LogP contribution is 2.25. The Morgan fingerprint density at radius 3 is 2.81 bits per heavy atom. The minimum absolute atomic E-state index is 0.196. The van der Waals surface area contributed by atoms with Crippen molar-refractivity contribution in [1.82, 2.24) is 15.1 Å². The minimum atomic E-state index is -0.581. The van der Waals surface area contributed by atoms with Gasteiger partial charge in [0.2, 0.25) is 0 Å². The van der Waals surface area contributed by atoms with Gasteiger partial charge in [0.25, 0.3) is 5.91 Å². The van der Waals surface area contributed by atoms with Gasteiger partial charge >= 0.3 is 6.09 Å². The number of ether oxygens (including phenoxy) is 1. The molecule has 0 bridgehead atoms. The average Bonchev–Trinajstić information content (AvgIpc) is 2.95. The molecule has 0 unspecified atom stereocenters. The Balaban J connectivity index is 1.74. The molecule has 0 atom stereocenters. The van der Waals surface area contributed by atoms with E-state index in [1.807, 2.05) is 20.8 Å². The van der Waals surface area contributed by atoms with Crippen LogP contribution in [0.2, 0.25) is 0 Å². The van der Waals surface area contributed by atoms with Gasteiger partial charge < -0.3 is 15.0 Å². The van der Waals surface area contributed by atoms with E-state index in [1.54, 1.807) is 4.90 Å². The molecule has 0 radical (unpaired) electrons. The van der Waals surface area contributed by atoms with Gasteiger partial charge in [-0.3, -0.25) is 9.89 Å². The monoisotopic (exact) mass is 360 g/mol. The number of aromatic nitrogens is 2. The molecule has 138 valence electrons.